The summed E-state index contributed by atoms with van der Waals surface area (Å²) in [5.74, 6) is -0.210. The lowest BCUT2D eigenvalue weighted by Gasteiger charge is -2.41. The summed E-state index contributed by atoms with van der Waals surface area (Å²) in [6.07, 6.45) is 1.53. The fourth-order valence-electron chi connectivity index (χ4n) is 1.99. The summed E-state index contributed by atoms with van der Waals surface area (Å²) in [6.45, 7) is 24.7. The monoisotopic (exact) mass is 407 g/mol. The first-order chi connectivity index (χ1) is 10.5. The molecule has 0 fully saturated rings. The van der Waals surface area contributed by atoms with Crippen molar-refractivity contribution in [3.8, 4) is 0 Å². The van der Waals surface area contributed by atoms with Gasteiger partial charge < -0.3 is 17.3 Å². The lowest BCUT2D eigenvalue weighted by atomic mass is 10.2. The van der Waals surface area contributed by atoms with Gasteiger partial charge in [0.2, 0.25) is 5.91 Å². The highest BCUT2D eigenvalue weighted by Gasteiger charge is 2.53. The summed E-state index contributed by atoms with van der Waals surface area (Å²) in [5, 5.41) is 0. The molecule has 0 heterocycles. The van der Waals surface area contributed by atoms with Crippen LogP contribution in [0, 0.1) is 0 Å². The number of hydrogen-bond donors (Lipinski definition) is 1. The van der Waals surface area contributed by atoms with E-state index in [2.05, 4.69) is 70.5 Å². The molecule has 0 saturated carbocycles. The molecule has 0 rings (SSSR count). The Bertz CT molecular complexity index is 409. The molecule has 1 N–H and O–H groups in total. The molecule has 9 heteroatoms. The van der Waals surface area contributed by atoms with Crippen molar-refractivity contribution in [1.29, 1.82) is 0 Å². The van der Waals surface area contributed by atoms with Crippen molar-refractivity contribution < 1.29 is 17.1 Å². The first-order valence-corrected chi connectivity index (χ1v) is 20.5. The van der Waals surface area contributed by atoms with Crippen molar-refractivity contribution in [3.05, 3.63) is 12.2 Å². The molecule has 0 aromatic rings. The van der Waals surface area contributed by atoms with Crippen molar-refractivity contribution in [2.45, 2.75) is 78.7 Å². The van der Waals surface area contributed by atoms with Crippen LogP contribution < -0.4 is 4.98 Å². The van der Waals surface area contributed by atoms with Gasteiger partial charge in [-0.05, 0) is 65.3 Å². The average Bonchev–Trinajstić information content (AvgIpc) is 2.20. The van der Waals surface area contributed by atoms with E-state index in [0.717, 1.165) is 6.42 Å². The molecule has 0 radical (unpaired) electrons. The van der Waals surface area contributed by atoms with Gasteiger partial charge >= 0.3 is 8.97 Å². The highest BCUT2D eigenvalue weighted by Crippen LogP contribution is 2.24. The summed E-state index contributed by atoms with van der Waals surface area (Å²) in [5.41, 5.74) is 0.548. The molecule has 24 heavy (non-hydrogen) atoms. The minimum Gasteiger partial charge on any atom is -0.400 e. The third kappa shape index (κ3) is 10.7. The van der Waals surface area contributed by atoms with Crippen molar-refractivity contribution in [2.24, 2.45) is 0 Å². The van der Waals surface area contributed by atoms with Crippen LogP contribution in [0.3, 0.4) is 0 Å². The van der Waals surface area contributed by atoms with Crippen LogP contribution in [-0.2, 0) is 17.1 Å². The van der Waals surface area contributed by atoms with Gasteiger partial charge in [-0.15, -0.1) is 0 Å². The summed E-state index contributed by atoms with van der Waals surface area (Å²) < 4.78 is 19.2. The van der Waals surface area contributed by atoms with E-state index in [-0.39, 0.29) is 5.91 Å². The molecule has 0 saturated heterocycles. The summed E-state index contributed by atoms with van der Waals surface area (Å²) >= 11 is 0. The first-order valence-electron chi connectivity index (χ1n) is 8.59. The van der Waals surface area contributed by atoms with Gasteiger partial charge in [-0.2, -0.15) is 0 Å². The van der Waals surface area contributed by atoms with Crippen LogP contribution in [0.2, 0.25) is 58.9 Å². The van der Waals surface area contributed by atoms with Crippen LogP contribution in [0.4, 0.5) is 0 Å². The Morgan fingerprint density at radius 1 is 0.833 bits per heavy atom. The molecule has 142 valence electrons. The molecule has 0 aromatic heterocycles. The Balaban J connectivity index is 5.78. The highest BCUT2D eigenvalue weighted by molar-refractivity contribution is 6.89. The number of rotatable bonds is 10. The zero-order valence-electron chi connectivity index (χ0n) is 17.3. The van der Waals surface area contributed by atoms with Crippen LogP contribution >= 0.6 is 0 Å². The smallest absolute Gasteiger partial charge is 0.400 e. The largest absolute Gasteiger partial charge is 0.601 e. The molecule has 0 aliphatic heterocycles. The zero-order chi connectivity index (χ0) is 19.4. The van der Waals surface area contributed by atoms with E-state index in [4.69, 9.17) is 12.3 Å². The minimum atomic E-state index is -3.33. The predicted octanol–water partition coefficient (Wildman–Crippen LogP) is 4.45. The predicted molar refractivity (Wildman–Crippen MR) is 111 cm³/mol. The van der Waals surface area contributed by atoms with E-state index in [9.17, 15) is 4.79 Å². The maximum atomic E-state index is 12.6. The van der Waals surface area contributed by atoms with E-state index in [1.807, 2.05) is 6.92 Å². The van der Waals surface area contributed by atoms with Gasteiger partial charge in [-0.25, -0.2) is 0 Å². The fourth-order valence-corrected chi connectivity index (χ4v) is 14.4. The third-order valence-corrected chi connectivity index (χ3v) is 13.6. The Morgan fingerprint density at radius 3 is 1.42 bits per heavy atom. The highest BCUT2D eigenvalue weighted by atomic mass is 28.5. The van der Waals surface area contributed by atoms with E-state index in [1.165, 1.54) is 0 Å². The van der Waals surface area contributed by atoms with Gasteiger partial charge in [0, 0.05) is 5.57 Å². The van der Waals surface area contributed by atoms with Crippen molar-refractivity contribution in [3.63, 3.8) is 0 Å². The number of carbonyl (C=O) groups is 1. The molecule has 0 bridgehead atoms. The zero-order valence-corrected chi connectivity index (χ0v) is 21.3. The quantitative estimate of drug-likeness (QED) is 0.429. The molecule has 0 atom stereocenters. The van der Waals surface area contributed by atoms with Crippen LogP contribution in [0.25, 0.3) is 0 Å². The Morgan fingerprint density at radius 2 is 1.17 bits per heavy atom. The van der Waals surface area contributed by atoms with E-state index in [1.54, 1.807) is 0 Å². The molecule has 0 spiro atoms. The lowest BCUT2D eigenvalue weighted by Crippen LogP contribution is -2.70. The molecule has 0 unspecified atom stereocenters. The van der Waals surface area contributed by atoms with Gasteiger partial charge in [0.1, 0.15) is 0 Å². The molecule has 1 amide bonds. The molecule has 0 aliphatic carbocycles. The van der Waals surface area contributed by atoms with E-state index < -0.39 is 33.9 Å². The maximum Gasteiger partial charge on any atom is 0.601 e. The summed E-state index contributed by atoms with van der Waals surface area (Å²) in [7, 11) is -9.33. The normalized spacial score (nSPS) is 13.8. The molecular formula is C15H37NO4Si4. The van der Waals surface area contributed by atoms with Gasteiger partial charge in [-0.3, -0.25) is 4.79 Å². The van der Waals surface area contributed by atoms with Crippen LogP contribution in [-0.4, -0.2) is 39.8 Å². The van der Waals surface area contributed by atoms with Gasteiger partial charge in [0.25, 0.3) is 0 Å². The molecular weight excluding hydrogens is 371 g/mol. The Hall–Kier alpha value is -0.0425. The average molecular weight is 408 g/mol. The van der Waals surface area contributed by atoms with Crippen LogP contribution in [0.15, 0.2) is 12.2 Å². The molecule has 0 aliphatic rings. The van der Waals surface area contributed by atoms with Gasteiger partial charge in [0.05, 0.1) is 0 Å². The SMILES string of the molecule is C=C(CCC)C(=O)N[Si](O[Si](C)(C)C)(O[Si](C)(C)C)O[Si](C)(C)C. The van der Waals surface area contributed by atoms with E-state index in [0.29, 0.717) is 12.0 Å². The minimum absolute atomic E-state index is 0.210. The second-order valence-corrected chi connectivity index (χ2v) is 25.5. The fraction of sp³-hybridized carbons (Fsp3) is 0.800. The number of hydrogen-bond acceptors (Lipinski definition) is 4. The topological polar surface area (TPSA) is 56.8 Å². The number of carbonyl (C=O) groups excluding carboxylic acids is 1. The maximum absolute atomic E-state index is 12.6. The van der Waals surface area contributed by atoms with Crippen LogP contribution in [0.1, 0.15) is 19.8 Å². The Labute approximate surface area is 153 Å². The second kappa shape index (κ2) is 8.56. The van der Waals surface area contributed by atoms with E-state index >= 15 is 0 Å². The van der Waals surface area contributed by atoms with Crippen LogP contribution in [0.5, 0.6) is 0 Å². The van der Waals surface area contributed by atoms with Gasteiger partial charge in [0.15, 0.2) is 25.0 Å². The first kappa shape index (κ1) is 24.0. The lowest BCUT2D eigenvalue weighted by molar-refractivity contribution is -0.117. The molecule has 0 aromatic carbocycles. The summed E-state index contributed by atoms with van der Waals surface area (Å²) in [4.78, 5) is 15.7. The number of amides is 1. The molecule has 5 nitrogen and oxygen atoms in total. The standard InChI is InChI=1S/C15H37NO4Si4/c1-12-13-14(2)15(17)16-24(18-21(3,4)5,19-22(6,7)8)20-23(9,10)11/h2,12-13H2,1,3-11H3,(H,16,17). The summed E-state index contributed by atoms with van der Waals surface area (Å²) in [6, 6.07) is 0. The Kier molecular flexibility index (Phi) is 8.55. The third-order valence-electron chi connectivity index (χ3n) is 2.46. The van der Waals surface area contributed by atoms with Crippen molar-refractivity contribution in [1.82, 2.24) is 4.98 Å². The number of nitrogens with one attached hydrogen (secondary N) is 1. The van der Waals surface area contributed by atoms with Crippen molar-refractivity contribution in [2.75, 3.05) is 0 Å². The van der Waals surface area contributed by atoms with Crippen molar-refractivity contribution >= 4 is 39.8 Å². The van der Waals surface area contributed by atoms with Gasteiger partial charge in [-0.1, -0.05) is 19.9 Å². The second-order valence-electron chi connectivity index (χ2n) is 9.01.